The van der Waals surface area contributed by atoms with Crippen molar-refractivity contribution in [2.75, 3.05) is 0 Å². The third-order valence-electron chi connectivity index (χ3n) is 0.721. The van der Waals surface area contributed by atoms with Gasteiger partial charge in [-0.25, -0.2) is 0 Å². The molecule has 3 heteroatoms. The first kappa shape index (κ1) is 7.14. The van der Waals surface area contributed by atoms with Crippen LogP contribution in [-0.2, 0) is 9.59 Å². The number of hydrogen-bond donors (Lipinski definition) is 0. The van der Waals surface area contributed by atoms with Crippen LogP contribution in [0.1, 0.15) is 13.3 Å². The Kier molecular flexibility index (Phi) is 2.84. The van der Waals surface area contributed by atoms with Gasteiger partial charge >= 0.3 is 0 Å². The second kappa shape index (κ2) is 3.18. The molecule has 0 amide bonds. The zero-order valence-electron chi connectivity index (χ0n) is 4.59. The summed E-state index contributed by atoms with van der Waals surface area (Å²) in [6.07, 6.45) is 0.416. The summed E-state index contributed by atoms with van der Waals surface area (Å²) >= 11 is 0. The Balaban J connectivity index is 3.38. The Hall–Kier alpha value is -0.860. The van der Waals surface area contributed by atoms with Gasteiger partial charge in [0, 0.05) is 11.9 Å². The maximum absolute atomic E-state index is 9.75. The topological polar surface area (TPSA) is 57.2 Å². The third kappa shape index (κ3) is 3.33. The smallest absolute Gasteiger partial charge is 0.123 e. The molecule has 1 unspecified atom stereocenters. The lowest BCUT2D eigenvalue weighted by molar-refractivity contribution is -0.306. The van der Waals surface area contributed by atoms with E-state index in [0.29, 0.717) is 6.29 Å². The van der Waals surface area contributed by atoms with Gasteiger partial charge < -0.3 is 14.7 Å². The van der Waals surface area contributed by atoms with Crippen molar-refractivity contribution in [2.45, 2.75) is 13.3 Å². The van der Waals surface area contributed by atoms with Gasteiger partial charge in [-0.2, -0.15) is 0 Å². The van der Waals surface area contributed by atoms with E-state index in [1.807, 2.05) is 0 Å². The van der Waals surface area contributed by atoms with E-state index < -0.39 is 11.9 Å². The number of carbonyl (C=O) groups is 2. The number of carbonyl (C=O) groups excluding carboxylic acids is 2. The van der Waals surface area contributed by atoms with Crippen LogP contribution in [0.25, 0.3) is 0 Å². The van der Waals surface area contributed by atoms with Gasteiger partial charge in [0.2, 0.25) is 0 Å². The molecule has 3 nitrogen and oxygen atoms in total. The van der Waals surface area contributed by atoms with Crippen LogP contribution in [0, 0.1) is 5.92 Å². The molecule has 0 heterocycles. The van der Waals surface area contributed by atoms with Crippen molar-refractivity contribution in [2.24, 2.45) is 5.92 Å². The highest BCUT2D eigenvalue weighted by atomic mass is 16.4. The van der Waals surface area contributed by atoms with Crippen molar-refractivity contribution in [1.82, 2.24) is 0 Å². The van der Waals surface area contributed by atoms with E-state index in [1.54, 1.807) is 0 Å². The highest BCUT2D eigenvalue weighted by Crippen LogP contribution is 1.93. The molecule has 0 N–H and O–H groups in total. The second-order valence-corrected chi connectivity index (χ2v) is 1.69. The highest BCUT2D eigenvalue weighted by molar-refractivity contribution is 5.69. The number of hydrogen-bond acceptors (Lipinski definition) is 3. The minimum absolute atomic E-state index is 0.177. The lowest BCUT2D eigenvalue weighted by atomic mass is 10.1. The van der Waals surface area contributed by atoms with Gasteiger partial charge in [0.05, 0.1) is 0 Å². The molecule has 0 aromatic carbocycles. The molecule has 0 aromatic rings. The summed E-state index contributed by atoms with van der Waals surface area (Å²) in [7, 11) is 0. The molecule has 0 radical (unpaired) electrons. The number of carboxylic acid groups (broad SMARTS) is 1. The first-order valence-electron chi connectivity index (χ1n) is 2.32. The van der Waals surface area contributed by atoms with Crippen LogP contribution in [0.15, 0.2) is 0 Å². The molecule has 8 heavy (non-hydrogen) atoms. The molecule has 0 bridgehead atoms. The van der Waals surface area contributed by atoms with E-state index in [9.17, 15) is 14.7 Å². The second-order valence-electron chi connectivity index (χ2n) is 1.69. The van der Waals surface area contributed by atoms with E-state index >= 15 is 0 Å². The van der Waals surface area contributed by atoms with Crippen LogP contribution >= 0.6 is 0 Å². The van der Waals surface area contributed by atoms with Crippen molar-refractivity contribution >= 4 is 12.3 Å². The van der Waals surface area contributed by atoms with Gasteiger partial charge in [-0.15, -0.1) is 0 Å². The Morgan fingerprint density at radius 2 is 2.38 bits per heavy atom. The van der Waals surface area contributed by atoms with Crippen molar-refractivity contribution in [3.05, 3.63) is 0 Å². The lowest BCUT2D eigenvalue weighted by Crippen LogP contribution is -2.24. The predicted molar refractivity (Wildman–Crippen MR) is 24.9 cm³/mol. The minimum atomic E-state index is -1.18. The molecule has 46 valence electrons. The fourth-order valence-electron chi connectivity index (χ4n) is 0.311. The number of carboxylic acids is 1. The number of aliphatic carboxylic acids is 1. The molecular formula is C5H7O3-. The zero-order chi connectivity index (χ0) is 6.57. The molecular weight excluding hydrogens is 108 g/mol. The van der Waals surface area contributed by atoms with E-state index in [4.69, 9.17) is 0 Å². The molecule has 0 saturated carbocycles. The molecule has 0 aromatic heterocycles. The summed E-state index contributed by atoms with van der Waals surface area (Å²) in [4.78, 5) is 19.4. The SMILES string of the molecule is CC(C=O)CC(=O)[O-]. The standard InChI is InChI=1S/C5H8O3/c1-4(3-6)2-5(7)8/h3-4H,2H2,1H3,(H,7,8)/p-1. The van der Waals surface area contributed by atoms with E-state index in [1.165, 1.54) is 6.92 Å². The lowest BCUT2D eigenvalue weighted by Gasteiger charge is -2.01. The first-order valence-corrected chi connectivity index (χ1v) is 2.32. The van der Waals surface area contributed by atoms with Gasteiger partial charge in [-0.3, -0.25) is 0 Å². The molecule has 0 aliphatic carbocycles. The summed E-state index contributed by atoms with van der Waals surface area (Å²) < 4.78 is 0. The minimum Gasteiger partial charge on any atom is -0.550 e. The average Bonchev–Trinajstić information content (AvgIpc) is 1.65. The number of aldehydes is 1. The van der Waals surface area contributed by atoms with Crippen LogP contribution in [0.5, 0.6) is 0 Å². The van der Waals surface area contributed by atoms with Crippen molar-refractivity contribution < 1.29 is 14.7 Å². The molecule has 0 rings (SSSR count). The van der Waals surface area contributed by atoms with Gasteiger partial charge in [0.15, 0.2) is 0 Å². The summed E-state index contributed by atoms with van der Waals surface area (Å²) in [6.45, 7) is 1.53. The fourth-order valence-corrected chi connectivity index (χ4v) is 0.311. The maximum Gasteiger partial charge on any atom is 0.123 e. The Morgan fingerprint density at radius 1 is 1.88 bits per heavy atom. The summed E-state index contributed by atoms with van der Waals surface area (Å²) in [5, 5.41) is 9.70. The number of rotatable bonds is 3. The highest BCUT2D eigenvalue weighted by Gasteiger charge is 1.96. The monoisotopic (exact) mass is 115 g/mol. The Morgan fingerprint density at radius 3 is 2.50 bits per heavy atom. The van der Waals surface area contributed by atoms with Gasteiger partial charge in [0.1, 0.15) is 6.29 Å². The van der Waals surface area contributed by atoms with Crippen LogP contribution in [0.3, 0.4) is 0 Å². The van der Waals surface area contributed by atoms with Gasteiger partial charge in [-0.05, 0) is 6.42 Å². The summed E-state index contributed by atoms with van der Waals surface area (Å²) in [5.74, 6) is -1.59. The molecule has 0 saturated heterocycles. The Bertz CT molecular complexity index is 97.8. The van der Waals surface area contributed by atoms with Crippen LogP contribution < -0.4 is 5.11 Å². The maximum atomic E-state index is 9.75. The largest absolute Gasteiger partial charge is 0.550 e. The summed E-state index contributed by atoms with van der Waals surface area (Å²) in [6, 6.07) is 0. The predicted octanol–water partition coefficient (Wildman–Crippen LogP) is -1.04. The fraction of sp³-hybridized carbons (Fsp3) is 0.600. The van der Waals surface area contributed by atoms with E-state index in [2.05, 4.69) is 0 Å². The molecule has 0 fully saturated rings. The van der Waals surface area contributed by atoms with Gasteiger partial charge in [-0.1, -0.05) is 6.92 Å². The quantitative estimate of drug-likeness (QED) is 0.441. The average molecular weight is 115 g/mol. The Labute approximate surface area is 47.3 Å². The molecule has 0 aliphatic heterocycles. The van der Waals surface area contributed by atoms with Crippen LogP contribution in [0.2, 0.25) is 0 Å². The van der Waals surface area contributed by atoms with Crippen molar-refractivity contribution in [3.63, 3.8) is 0 Å². The van der Waals surface area contributed by atoms with Gasteiger partial charge in [0.25, 0.3) is 0 Å². The molecule has 0 aliphatic rings. The third-order valence-corrected chi connectivity index (χ3v) is 0.721. The zero-order valence-corrected chi connectivity index (χ0v) is 4.59. The van der Waals surface area contributed by atoms with Crippen LogP contribution in [0.4, 0.5) is 0 Å². The van der Waals surface area contributed by atoms with Crippen LogP contribution in [-0.4, -0.2) is 12.3 Å². The van der Waals surface area contributed by atoms with Crippen molar-refractivity contribution in [1.29, 1.82) is 0 Å². The van der Waals surface area contributed by atoms with E-state index in [0.717, 1.165) is 0 Å². The normalized spacial score (nSPS) is 12.6. The molecule has 0 spiro atoms. The first-order chi connectivity index (χ1) is 3.66. The summed E-state index contributed by atoms with van der Waals surface area (Å²) in [5.41, 5.74) is 0. The van der Waals surface area contributed by atoms with Crippen molar-refractivity contribution in [3.8, 4) is 0 Å². The van der Waals surface area contributed by atoms with E-state index in [-0.39, 0.29) is 6.42 Å². The molecule has 1 atom stereocenters.